The van der Waals surface area contributed by atoms with Gasteiger partial charge in [0.15, 0.2) is 5.96 Å². The number of hydrogen-bond acceptors (Lipinski definition) is 2. The molecule has 5 heteroatoms. The first-order chi connectivity index (χ1) is 11.2. The van der Waals surface area contributed by atoms with E-state index in [1.165, 1.54) is 43.4 Å². The molecule has 1 saturated carbocycles. The van der Waals surface area contributed by atoms with E-state index in [1.54, 1.807) is 7.11 Å². The number of aliphatic imine (C=N–C) groups is 1. The van der Waals surface area contributed by atoms with Gasteiger partial charge in [-0.3, -0.25) is 0 Å². The molecule has 1 aromatic carbocycles. The Bertz CT molecular complexity index is 540. The van der Waals surface area contributed by atoms with Crippen LogP contribution in [0.25, 0.3) is 0 Å². The molecule has 1 N–H and O–H groups in total. The monoisotopic (exact) mass is 443 g/mol. The molecule has 2 fully saturated rings. The van der Waals surface area contributed by atoms with Crippen LogP contribution in [0.5, 0.6) is 0 Å². The molecule has 3 rings (SSSR count). The summed E-state index contributed by atoms with van der Waals surface area (Å²) >= 11 is 0. The molecular formula is C19H30IN3O. The van der Waals surface area contributed by atoms with Gasteiger partial charge < -0.3 is 15.0 Å². The average Bonchev–Trinajstić information content (AvgIpc) is 2.99. The van der Waals surface area contributed by atoms with E-state index >= 15 is 0 Å². The Balaban J connectivity index is 0.00000208. The lowest BCUT2D eigenvalue weighted by atomic mass is 9.68. The normalized spacial score (nSPS) is 19.1. The Labute approximate surface area is 163 Å². The maximum atomic E-state index is 5.16. The first-order valence-electron chi connectivity index (χ1n) is 8.85. The van der Waals surface area contributed by atoms with Crippen LogP contribution in [0.4, 0.5) is 0 Å². The highest BCUT2D eigenvalue weighted by atomic mass is 127. The molecular weight excluding hydrogens is 413 g/mol. The zero-order chi connectivity index (χ0) is 16.1. The lowest BCUT2D eigenvalue weighted by Gasteiger charge is -2.38. The van der Waals surface area contributed by atoms with Crippen LogP contribution in [0.2, 0.25) is 0 Å². The first-order valence-corrected chi connectivity index (χ1v) is 8.85. The molecule has 1 aliphatic carbocycles. The van der Waals surface area contributed by atoms with Gasteiger partial charge in [-0.25, -0.2) is 4.99 Å². The second kappa shape index (κ2) is 9.04. The van der Waals surface area contributed by atoms with E-state index in [0.29, 0.717) is 12.0 Å². The quantitative estimate of drug-likeness (QED) is 0.428. The largest absolute Gasteiger partial charge is 0.380 e. The highest BCUT2D eigenvalue weighted by Gasteiger charge is 2.43. The minimum atomic E-state index is 0. The van der Waals surface area contributed by atoms with Crippen LogP contribution in [0.1, 0.15) is 43.7 Å². The smallest absolute Gasteiger partial charge is 0.194 e. The van der Waals surface area contributed by atoms with Crippen molar-refractivity contribution >= 4 is 29.9 Å². The van der Waals surface area contributed by atoms with Crippen LogP contribution in [-0.4, -0.2) is 37.6 Å². The van der Waals surface area contributed by atoms with Crippen LogP contribution in [-0.2, 0) is 17.9 Å². The molecule has 134 valence electrons. The molecule has 1 aliphatic heterocycles. The Hall–Kier alpha value is -0.820. The van der Waals surface area contributed by atoms with E-state index in [2.05, 4.69) is 41.4 Å². The van der Waals surface area contributed by atoms with Gasteiger partial charge in [-0.05, 0) is 42.7 Å². The second-order valence-electron chi connectivity index (χ2n) is 6.94. The van der Waals surface area contributed by atoms with Crippen molar-refractivity contribution in [2.24, 2.45) is 10.4 Å². The molecule has 0 radical (unpaired) electrons. The zero-order valence-corrected chi connectivity index (χ0v) is 17.2. The lowest BCUT2D eigenvalue weighted by Crippen LogP contribution is -2.42. The minimum Gasteiger partial charge on any atom is -0.380 e. The van der Waals surface area contributed by atoms with Gasteiger partial charge in [0.1, 0.15) is 0 Å². The summed E-state index contributed by atoms with van der Waals surface area (Å²) in [5.74, 6) is 1.08. The van der Waals surface area contributed by atoms with Gasteiger partial charge in [0.2, 0.25) is 0 Å². The summed E-state index contributed by atoms with van der Waals surface area (Å²) in [5.41, 5.74) is 3.06. The number of nitrogens with zero attached hydrogens (tertiary/aromatic N) is 2. The SMILES string of the molecule is CCNC(=NCc1ccc(COC)cc1)N1CCC2(CCC2)C1.I. The fourth-order valence-electron chi connectivity index (χ4n) is 3.70. The number of likely N-dealkylation sites (tertiary alicyclic amines) is 1. The molecule has 0 amide bonds. The van der Waals surface area contributed by atoms with Crippen LogP contribution in [0.3, 0.4) is 0 Å². The summed E-state index contributed by atoms with van der Waals surface area (Å²) in [4.78, 5) is 7.33. The predicted molar refractivity (Wildman–Crippen MR) is 110 cm³/mol. The first kappa shape index (κ1) is 19.5. The molecule has 1 aromatic rings. The standard InChI is InChI=1S/C19H29N3O.HI/c1-3-20-18(22-12-11-19(15-22)9-4-10-19)21-13-16-5-7-17(8-6-16)14-23-2;/h5-8H,3-4,9-15H2,1-2H3,(H,20,21);1H. The molecule has 2 aliphatic rings. The van der Waals surface area contributed by atoms with Gasteiger partial charge >= 0.3 is 0 Å². The molecule has 1 spiro atoms. The predicted octanol–water partition coefficient (Wildman–Crippen LogP) is 3.79. The summed E-state index contributed by atoms with van der Waals surface area (Å²) in [6.07, 6.45) is 5.56. The number of nitrogens with one attached hydrogen (secondary N) is 1. The number of halogens is 1. The van der Waals surface area contributed by atoms with Gasteiger partial charge in [0.25, 0.3) is 0 Å². The summed E-state index contributed by atoms with van der Waals surface area (Å²) < 4.78 is 5.16. The summed E-state index contributed by atoms with van der Waals surface area (Å²) in [7, 11) is 1.73. The molecule has 0 aromatic heterocycles. The fraction of sp³-hybridized carbons (Fsp3) is 0.632. The van der Waals surface area contributed by atoms with Crippen molar-refractivity contribution < 1.29 is 4.74 Å². The van der Waals surface area contributed by atoms with Gasteiger partial charge in [-0.15, -0.1) is 24.0 Å². The number of hydrogen-bond donors (Lipinski definition) is 1. The fourth-order valence-corrected chi connectivity index (χ4v) is 3.70. The Morgan fingerprint density at radius 3 is 2.46 bits per heavy atom. The van der Waals surface area contributed by atoms with Gasteiger partial charge in [0.05, 0.1) is 13.2 Å². The highest BCUT2D eigenvalue weighted by molar-refractivity contribution is 14.0. The molecule has 0 atom stereocenters. The van der Waals surface area contributed by atoms with E-state index in [1.807, 2.05) is 0 Å². The van der Waals surface area contributed by atoms with Crippen LogP contribution >= 0.6 is 24.0 Å². The van der Waals surface area contributed by atoms with Crippen molar-refractivity contribution in [3.05, 3.63) is 35.4 Å². The Morgan fingerprint density at radius 1 is 1.21 bits per heavy atom. The zero-order valence-electron chi connectivity index (χ0n) is 14.9. The van der Waals surface area contributed by atoms with E-state index in [0.717, 1.165) is 25.6 Å². The highest BCUT2D eigenvalue weighted by Crippen LogP contribution is 2.47. The third-order valence-corrected chi connectivity index (χ3v) is 5.23. The number of guanidine groups is 1. The van der Waals surface area contributed by atoms with E-state index in [4.69, 9.17) is 9.73 Å². The van der Waals surface area contributed by atoms with Crippen molar-refractivity contribution in [3.63, 3.8) is 0 Å². The van der Waals surface area contributed by atoms with E-state index < -0.39 is 0 Å². The van der Waals surface area contributed by atoms with Crippen molar-refractivity contribution in [2.45, 2.75) is 45.8 Å². The Kier molecular flexibility index (Phi) is 7.34. The van der Waals surface area contributed by atoms with Crippen molar-refractivity contribution in [1.82, 2.24) is 10.2 Å². The van der Waals surface area contributed by atoms with Crippen LogP contribution in [0.15, 0.2) is 29.3 Å². The summed E-state index contributed by atoms with van der Waals surface area (Å²) in [5, 5.41) is 3.47. The third-order valence-electron chi connectivity index (χ3n) is 5.23. The maximum Gasteiger partial charge on any atom is 0.194 e. The molecule has 0 unspecified atom stereocenters. The number of ether oxygens (including phenoxy) is 1. The van der Waals surface area contributed by atoms with Gasteiger partial charge in [-0.2, -0.15) is 0 Å². The average molecular weight is 443 g/mol. The van der Waals surface area contributed by atoms with Gasteiger partial charge in [-0.1, -0.05) is 30.7 Å². The van der Waals surface area contributed by atoms with E-state index in [-0.39, 0.29) is 24.0 Å². The minimum absolute atomic E-state index is 0. The molecule has 24 heavy (non-hydrogen) atoms. The Morgan fingerprint density at radius 2 is 1.92 bits per heavy atom. The van der Waals surface area contributed by atoms with Crippen molar-refractivity contribution in [3.8, 4) is 0 Å². The second-order valence-corrected chi connectivity index (χ2v) is 6.94. The number of rotatable bonds is 5. The maximum absolute atomic E-state index is 5.16. The number of methoxy groups -OCH3 is 1. The van der Waals surface area contributed by atoms with Crippen LogP contribution in [0, 0.1) is 5.41 Å². The molecule has 4 nitrogen and oxygen atoms in total. The van der Waals surface area contributed by atoms with Crippen molar-refractivity contribution in [1.29, 1.82) is 0 Å². The molecule has 1 saturated heterocycles. The number of benzene rings is 1. The van der Waals surface area contributed by atoms with Gasteiger partial charge in [0, 0.05) is 26.7 Å². The lowest BCUT2D eigenvalue weighted by molar-refractivity contribution is 0.151. The summed E-state index contributed by atoms with van der Waals surface area (Å²) in [6.45, 7) is 6.81. The summed E-state index contributed by atoms with van der Waals surface area (Å²) in [6, 6.07) is 8.55. The molecule has 0 bridgehead atoms. The van der Waals surface area contributed by atoms with E-state index in [9.17, 15) is 0 Å². The topological polar surface area (TPSA) is 36.9 Å². The van der Waals surface area contributed by atoms with Crippen molar-refractivity contribution in [2.75, 3.05) is 26.7 Å². The van der Waals surface area contributed by atoms with Crippen LogP contribution < -0.4 is 5.32 Å². The molecule has 1 heterocycles. The third kappa shape index (κ3) is 4.63.